The van der Waals surface area contributed by atoms with Crippen LogP contribution in [0.25, 0.3) is 0 Å². The number of hydrogen-bond acceptors (Lipinski definition) is 2. The van der Waals surface area contributed by atoms with E-state index in [2.05, 4.69) is 41.8 Å². The first-order valence-electron chi connectivity index (χ1n) is 7.86. The number of rotatable bonds is 8. The van der Waals surface area contributed by atoms with Gasteiger partial charge in [-0.2, -0.15) is 0 Å². The van der Waals surface area contributed by atoms with E-state index in [1.165, 1.54) is 5.56 Å². The van der Waals surface area contributed by atoms with Crippen LogP contribution in [0.2, 0.25) is 0 Å². The normalized spacial score (nSPS) is 11.9. The van der Waals surface area contributed by atoms with Crippen LogP contribution in [0.1, 0.15) is 29.3 Å². The van der Waals surface area contributed by atoms with Crippen LogP contribution in [0.4, 0.5) is 0 Å². The van der Waals surface area contributed by atoms with E-state index in [4.69, 9.17) is 0 Å². The summed E-state index contributed by atoms with van der Waals surface area (Å²) in [5.41, 5.74) is 2.08. The maximum absolute atomic E-state index is 11.9. The largest absolute Gasteiger partial charge is 0.351 e. The fraction of sp³-hybridized carbons (Fsp3) is 0.316. The Morgan fingerprint density at radius 3 is 2.27 bits per heavy atom. The highest BCUT2D eigenvalue weighted by atomic mass is 16.1. The molecule has 116 valence electrons. The highest BCUT2D eigenvalue weighted by molar-refractivity contribution is 5.94. The van der Waals surface area contributed by atoms with Gasteiger partial charge in [0.1, 0.15) is 0 Å². The van der Waals surface area contributed by atoms with E-state index in [-0.39, 0.29) is 5.91 Å². The first-order valence-corrected chi connectivity index (χ1v) is 7.86. The summed E-state index contributed by atoms with van der Waals surface area (Å²) >= 11 is 0. The molecule has 0 unspecified atom stereocenters. The van der Waals surface area contributed by atoms with Gasteiger partial charge >= 0.3 is 0 Å². The molecule has 22 heavy (non-hydrogen) atoms. The summed E-state index contributed by atoms with van der Waals surface area (Å²) in [4.78, 5) is 11.9. The first-order chi connectivity index (χ1) is 10.8. The molecule has 0 aliphatic rings. The molecule has 2 aromatic rings. The minimum atomic E-state index is -0.0145. The lowest BCUT2D eigenvalue weighted by Gasteiger charge is -2.14. The van der Waals surface area contributed by atoms with E-state index in [0.29, 0.717) is 18.2 Å². The van der Waals surface area contributed by atoms with Crippen LogP contribution in [-0.4, -0.2) is 25.0 Å². The van der Waals surface area contributed by atoms with Crippen LogP contribution < -0.4 is 10.6 Å². The number of aryl methyl sites for hydroxylation is 1. The zero-order valence-electron chi connectivity index (χ0n) is 13.1. The maximum atomic E-state index is 11.9. The Bertz CT molecular complexity index is 554. The molecule has 0 heterocycles. The fourth-order valence-corrected chi connectivity index (χ4v) is 2.32. The van der Waals surface area contributed by atoms with Gasteiger partial charge in [0.05, 0.1) is 0 Å². The molecule has 0 bridgehead atoms. The van der Waals surface area contributed by atoms with E-state index in [9.17, 15) is 4.79 Å². The van der Waals surface area contributed by atoms with Crippen molar-refractivity contribution in [1.29, 1.82) is 0 Å². The van der Waals surface area contributed by atoms with E-state index >= 15 is 0 Å². The van der Waals surface area contributed by atoms with E-state index < -0.39 is 0 Å². The molecule has 2 N–H and O–H groups in total. The summed E-state index contributed by atoms with van der Waals surface area (Å²) < 4.78 is 0. The zero-order chi connectivity index (χ0) is 15.6. The van der Waals surface area contributed by atoms with Crippen molar-refractivity contribution in [2.75, 3.05) is 13.1 Å². The Hall–Kier alpha value is -2.13. The van der Waals surface area contributed by atoms with Gasteiger partial charge in [-0.3, -0.25) is 4.79 Å². The molecule has 1 atom stereocenters. The lowest BCUT2D eigenvalue weighted by Crippen LogP contribution is -2.36. The van der Waals surface area contributed by atoms with Crippen LogP contribution >= 0.6 is 0 Å². The number of benzene rings is 2. The van der Waals surface area contributed by atoms with Gasteiger partial charge in [0.15, 0.2) is 0 Å². The number of carbonyl (C=O) groups excluding carboxylic acids is 1. The molecular weight excluding hydrogens is 272 g/mol. The molecule has 1 amide bonds. The molecule has 0 saturated heterocycles. The number of amides is 1. The third kappa shape index (κ3) is 5.70. The molecule has 0 spiro atoms. The number of hydrogen-bond donors (Lipinski definition) is 2. The predicted molar refractivity (Wildman–Crippen MR) is 91.0 cm³/mol. The average molecular weight is 296 g/mol. The van der Waals surface area contributed by atoms with Crippen molar-refractivity contribution < 1.29 is 4.79 Å². The van der Waals surface area contributed by atoms with Crippen molar-refractivity contribution >= 4 is 5.91 Å². The lowest BCUT2D eigenvalue weighted by atomic mass is 10.1. The molecule has 0 saturated carbocycles. The lowest BCUT2D eigenvalue weighted by molar-refractivity contribution is 0.0953. The summed E-state index contributed by atoms with van der Waals surface area (Å²) in [6, 6.07) is 20.3. The second-order valence-corrected chi connectivity index (χ2v) is 5.50. The summed E-state index contributed by atoms with van der Waals surface area (Å²) in [6.07, 6.45) is 2.17. The second-order valence-electron chi connectivity index (χ2n) is 5.50. The summed E-state index contributed by atoms with van der Waals surface area (Å²) in [5, 5.41) is 6.37. The van der Waals surface area contributed by atoms with E-state index in [1.54, 1.807) is 0 Å². The minimum absolute atomic E-state index is 0.0145. The van der Waals surface area contributed by atoms with Crippen LogP contribution in [0, 0.1) is 0 Å². The molecule has 0 aliphatic heterocycles. The maximum Gasteiger partial charge on any atom is 0.251 e. The summed E-state index contributed by atoms with van der Waals surface area (Å²) in [5.74, 6) is -0.0145. The molecular formula is C19H24N2O. The van der Waals surface area contributed by atoms with Crippen molar-refractivity contribution in [2.45, 2.75) is 25.8 Å². The van der Waals surface area contributed by atoms with Gasteiger partial charge in [-0.05, 0) is 37.5 Å². The molecule has 3 heteroatoms. The minimum Gasteiger partial charge on any atom is -0.351 e. The van der Waals surface area contributed by atoms with Crippen molar-refractivity contribution in [3.63, 3.8) is 0 Å². The van der Waals surface area contributed by atoms with Crippen molar-refractivity contribution in [3.8, 4) is 0 Å². The number of nitrogens with one attached hydrogen (secondary N) is 2. The fourth-order valence-electron chi connectivity index (χ4n) is 2.32. The Kier molecular flexibility index (Phi) is 6.65. The van der Waals surface area contributed by atoms with Gasteiger partial charge in [0, 0.05) is 24.7 Å². The third-order valence-electron chi connectivity index (χ3n) is 3.65. The topological polar surface area (TPSA) is 41.1 Å². The van der Waals surface area contributed by atoms with E-state index in [1.807, 2.05) is 36.4 Å². The molecule has 0 fully saturated rings. The van der Waals surface area contributed by atoms with Crippen molar-refractivity contribution in [1.82, 2.24) is 10.6 Å². The quantitative estimate of drug-likeness (QED) is 0.735. The van der Waals surface area contributed by atoms with Gasteiger partial charge in [-0.25, -0.2) is 0 Å². The van der Waals surface area contributed by atoms with Crippen molar-refractivity contribution in [2.24, 2.45) is 0 Å². The van der Waals surface area contributed by atoms with Gasteiger partial charge in [0.2, 0.25) is 0 Å². The smallest absolute Gasteiger partial charge is 0.251 e. The molecule has 0 aromatic heterocycles. The highest BCUT2D eigenvalue weighted by Crippen LogP contribution is 2.04. The van der Waals surface area contributed by atoms with Crippen molar-refractivity contribution in [3.05, 3.63) is 71.8 Å². The Morgan fingerprint density at radius 1 is 0.955 bits per heavy atom. The Balaban J connectivity index is 1.59. The van der Waals surface area contributed by atoms with Crippen LogP contribution in [0.3, 0.4) is 0 Å². The molecule has 2 aromatic carbocycles. The highest BCUT2D eigenvalue weighted by Gasteiger charge is 2.04. The predicted octanol–water partition coefficient (Wildman–Crippen LogP) is 3.03. The average Bonchev–Trinajstić information content (AvgIpc) is 2.58. The van der Waals surface area contributed by atoms with Crippen LogP contribution in [0.5, 0.6) is 0 Å². The summed E-state index contributed by atoms with van der Waals surface area (Å²) in [6.45, 7) is 3.61. The number of carbonyl (C=O) groups is 1. The monoisotopic (exact) mass is 296 g/mol. The Labute approximate surface area is 132 Å². The van der Waals surface area contributed by atoms with Crippen LogP contribution in [0.15, 0.2) is 60.7 Å². The molecule has 0 aliphatic carbocycles. The zero-order valence-corrected chi connectivity index (χ0v) is 13.1. The standard InChI is InChI=1S/C19H24N2O/c1-16(12-13-17-8-4-2-5-9-17)20-14-15-21-19(22)18-10-6-3-7-11-18/h2-11,16,20H,12-15H2,1H3,(H,21,22)/t16-/m1/s1. The Morgan fingerprint density at radius 2 is 1.59 bits per heavy atom. The summed E-state index contributed by atoms with van der Waals surface area (Å²) in [7, 11) is 0. The van der Waals surface area contributed by atoms with E-state index in [0.717, 1.165) is 19.4 Å². The van der Waals surface area contributed by atoms with Crippen LogP contribution in [-0.2, 0) is 6.42 Å². The SMILES string of the molecule is C[C@H](CCc1ccccc1)NCCNC(=O)c1ccccc1. The first kappa shape index (κ1) is 16.2. The van der Waals surface area contributed by atoms with Gasteiger partial charge in [-0.1, -0.05) is 48.5 Å². The molecule has 3 nitrogen and oxygen atoms in total. The third-order valence-corrected chi connectivity index (χ3v) is 3.65. The second kappa shape index (κ2) is 9.00. The van der Waals surface area contributed by atoms with Gasteiger partial charge < -0.3 is 10.6 Å². The molecule has 2 rings (SSSR count). The van der Waals surface area contributed by atoms with Gasteiger partial charge in [0.25, 0.3) is 5.91 Å². The van der Waals surface area contributed by atoms with Gasteiger partial charge in [-0.15, -0.1) is 0 Å². The molecule has 0 radical (unpaired) electrons.